The molecule has 1 unspecified atom stereocenters. The van der Waals surface area contributed by atoms with E-state index in [9.17, 15) is 4.39 Å². The molecule has 0 spiro atoms. The van der Waals surface area contributed by atoms with Gasteiger partial charge in [0.25, 0.3) is 0 Å². The van der Waals surface area contributed by atoms with E-state index in [-0.39, 0.29) is 5.82 Å². The van der Waals surface area contributed by atoms with Gasteiger partial charge in [0.1, 0.15) is 11.6 Å². The molecule has 2 saturated heterocycles. The van der Waals surface area contributed by atoms with Crippen LogP contribution in [0.15, 0.2) is 97.7 Å². The van der Waals surface area contributed by atoms with Crippen molar-refractivity contribution in [3.8, 4) is 0 Å². The molecule has 2 aliphatic rings. The number of benzene rings is 1. The first kappa shape index (κ1) is 32.7. The molecule has 5 N–H and O–H groups in total. The lowest BCUT2D eigenvalue weighted by atomic mass is 10.1. The molecule has 1 aromatic rings. The van der Waals surface area contributed by atoms with Crippen molar-refractivity contribution in [1.29, 1.82) is 0 Å². The fraction of sp³-hybridized carbons (Fsp3) is 0.419. The van der Waals surface area contributed by atoms with Crippen molar-refractivity contribution in [2.75, 3.05) is 53.4 Å². The number of nitrogens with two attached hydrogens (primary N) is 2. The molecule has 1 aromatic carbocycles. The minimum atomic E-state index is -0.132. The third-order valence-electron chi connectivity index (χ3n) is 6.65. The molecule has 0 bridgehead atoms. The molecule has 2 heterocycles. The number of aryl methyl sites for hydroxylation is 1. The van der Waals surface area contributed by atoms with Gasteiger partial charge in [-0.15, -0.1) is 6.58 Å². The highest BCUT2D eigenvalue weighted by Gasteiger charge is 2.23. The van der Waals surface area contributed by atoms with Crippen LogP contribution in [0.3, 0.4) is 0 Å². The van der Waals surface area contributed by atoms with Crippen LogP contribution in [0.1, 0.15) is 24.8 Å². The number of likely N-dealkylation sites (N-methyl/N-ethyl adjacent to an activating group) is 2. The largest absolute Gasteiger partial charge is 0.399 e. The summed E-state index contributed by atoms with van der Waals surface area (Å²) in [4.78, 5) is 6.77. The second-order valence-corrected chi connectivity index (χ2v) is 9.64. The van der Waals surface area contributed by atoms with Crippen molar-refractivity contribution in [2.24, 2.45) is 11.5 Å². The van der Waals surface area contributed by atoms with Crippen LogP contribution < -0.4 is 16.8 Å². The van der Waals surface area contributed by atoms with Gasteiger partial charge in [-0.1, -0.05) is 62.2 Å². The van der Waals surface area contributed by atoms with Crippen molar-refractivity contribution in [1.82, 2.24) is 20.0 Å². The zero-order chi connectivity index (χ0) is 28.5. The minimum Gasteiger partial charge on any atom is -0.399 e. The average Bonchev–Trinajstić information content (AvgIpc) is 3.35. The van der Waals surface area contributed by atoms with E-state index in [2.05, 4.69) is 60.4 Å². The van der Waals surface area contributed by atoms with E-state index in [1.807, 2.05) is 18.2 Å². The van der Waals surface area contributed by atoms with Gasteiger partial charge < -0.3 is 26.6 Å². The van der Waals surface area contributed by atoms with Crippen molar-refractivity contribution >= 4 is 0 Å². The molecule has 3 rings (SSSR count). The number of nitrogens with zero attached hydrogens (tertiary/aromatic N) is 3. The normalized spacial score (nSPS) is 18.7. The molecule has 6 nitrogen and oxygen atoms in total. The van der Waals surface area contributed by atoms with Gasteiger partial charge in [-0.05, 0) is 57.6 Å². The van der Waals surface area contributed by atoms with Crippen LogP contribution in [0.4, 0.5) is 4.39 Å². The Morgan fingerprint density at radius 2 is 1.74 bits per heavy atom. The second-order valence-electron chi connectivity index (χ2n) is 9.64. The maximum Gasteiger partial charge on any atom is 0.126 e. The molecule has 2 aliphatic heterocycles. The highest BCUT2D eigenvalue weighted by Crippen LogP contribution is 2.19. The topological polar surface area (TPSA) is 73.8 Å². The number of hydrogen-bond acceptors (Lipinski definition) is 6. The Balaban J connectivity index is 0.000000300. The Labute approximate surface area is 230 Å². The van der Waals surface area contributed by atoms with Crippen LogP contribution in [0.5, 0.6) is 0 Å². The Kier molecular flexibility index (Phi) is 15.5. The second kappa shape index (κ2) is 18.0. The molecule has 38 heavy (non-hydrogen) atoms. The first-order valence-electron chi connectivity index (χ1n) is 13.2. The third-order valence-corrected chi connectivity index (χ3v) is 6.65. The van der Waals surface area contributed by atoms with Crippen LogP contribution in [0.25, 0.3) is 0 Å². The predicted molar refractivity (Wildman–Crippen MR) is 162 cm³/mol. The number of piperazine rings is 1. The monoisotopic (exact) mass is 524 g/mol. The lowest BCUT2D eigenvalue weighted by Crippen LogP contribution is -2.46. The molecule has 1 atom stereocenters. The van der Waals surface area contributed by atoms with Gasteiger partial charge in [-0.2, -0.15) is 0 Å². The smallest absolute Gasteiger partial charge is 0.126 e. The summed E-state index contributed by atoms with van der Waals surface area (Å²) in [7, 11) is 4.27. The highest BCUT2D eigenvalue weighted by molar-refractivity contribution is 5.24. The maximum absolute atomic E-state index is 12.3. The van der Waals surface area contributed by atoms with E-state index in [0.717, 1.165) is 55.5 Å². The van der Waals surface area contributed by atoms with Crippen LogP contribution >= 0.6 is 0 Å². The quantitative estimate of drug-likeness (QED) is 0.326. The molecule has 0 radical (unpaired) electrons. The zero-order valence-electron chi connectivity index (χ0n) is 23.8. The summed E-state index contributed by atoms with van der Waals surface area (Å²) in [6.07, 6.45) is 10.5. The van der Waals surface area contributed by atoms with E-state index in [0.29, 0.717) is 18.0 Å². The number of hydrogen-bond donors (Lipinski definition) is 3. The minimum absolute atomic E-state index is 0.132. The summed E-state index contributed by atoms with van der Waals surface area (Å²) in [6, 6.07) is 7.18. The van der Waals surface area contributed by atoms with Gasteiger partial charge in [0, 0.05) is 50.9 Å². The van der Waals surface area contributed by atoms with Crippen molar-refractivity contribution in [3.05, 3.63) is 109 Å². The van der Waals surface area contributed by atoms with Crippen molar-refractivity contribution in [3.63, 3.8) is 0 Å². The lowest BCUT2D eigenvalue weighted by molar-refractivity contribution is 0.183. The fourth-order valence-corrected chi connectivity index (χ4v) is 4.10. The zero-order valence-corrected chi connectivity index (χ0v) is 23.8. The molecule has 0 amide bonds. The number of likely N-dealkylation sites (tertiary alicyclic amines) is 1. The molecule has 210 valence electrons. The van der Waals surface area contributed by atoms with Crippen LogP contribution in [0.2, 0.25) is 0 Å². The molecule has 7 heteroatoms. The van der Waals surface area contributed by atoms with Gasteiger partial charge >= 0.3 is 0 Å². The van der Waals surface area contributed by atoms with Crippen LogP contribution in [0, 0.1) is 12.7 Å². The Morgan fingerprint density at radius 1 is 1.08 bits per heavy atom. The van der Waals surface area contributed by atoms with Gasteiger partial charge in [0.05, 0.1) is 5.70 Å². The van der Waals surface area contributed by atoms with Crippen molar-refractivity contribution in [2.45, 2.75) is 32.2 Å². The van der Waals surface area contributed by atoms with Crippen molar-refractivity contribution < 1.29 is 4.39 Å². The van der Waals surface area contributed by atoms with Gasteiger partial charge in [0.2, 0.25) is 0 Å². The molecular weight excluding hydrogens is 475 g/mol. The summed E-state index contributed by atoms with van der Waals surface area (Å²) >= 11 is 0. The lowest BCUT2D eigenvalue weighted by Gasteiger charge is -2.34. The molecule has 0 aliphatic carbocycles. The van der Waals surface area contributed by atoms with Crippen LogP contribution in [-0.2, 0) is 0 Å². The third kappa shape index (κ3) is 11.8. The van der Waals surface area contributed by atoms with E-state index >= 15 is 0 Å². The fourth-order valence-electron chi connectivity index (χ4n) is 4.10. The van der Waals surface area contributed by atoms with Gasteiger partial charge in [-0.25, -0.2) is 4.39 Å². The van der Waals surface area contributed by atoms with Gasteiger partial charge in [0.15, 0.2) is 0 Å². The predicted octanol–water partition coefficient (Wildman–Crippen LogP) is 4.51. The Hall–Kier alpha value is -3.29. The summed E-state index contributed by atoms with van der Waals surface area (Å²) in [5.41, 5.74) is 15.4. The number of nitrogens with one attached hydrogen (secondary N) is 1. The molecule has 2 fully saturated rings. The number of halogens is 1. The molecule has 0 saturated carbocycles. The maximum atomic E-state index is 12.3. The summed E-state index contributed by atoms with van der Waals surface area (Å²) in [5.74, 6) is 0.588. The average molecular weight is 525 g/mol. The van der Waals surface area contributed by atoms with E-state index in [1.165, 1.54) is 25.5 Å². The summed E-state index contributed by atoms with van der Waals surface area (Å²) < 4.78 is 12.3. The first-order chi connectivity index (χ1) is 18.1. The Bertz CT molecular complexity index is 938. The molecule has 0 aromatic heterocycles. The number of rotatable bonds is 9. The SMILES string of the molecule is C=C/C=C(\C=C)CNC(=C)C1CCCN1C.C=CC/C(N)=C(/N)N1CCN(C)CC1.Cc1ccccc1F. The summed E-state index contributed by atoms with van der Waals surface area (Å²) in [5, 5.41) is 3.37. The van der Waals surface area contributed by atoms with E-state index in [4.69, 9.17) is 11.5 Å². The summed E-state index contributed by atoms with van der Waals surface area (Å²) in [6.45, 7) is 22.9. The highest BCUT2D eigenvalue weighted by atomic mass is 19.1. The van der Waals surface area contributed by atoms with Crippen LogP contribution in [-0.4, -0.2) is 74.1 Å². The standard InChI is InChI=1S/C14H22N2.C10H20N4.C7H7F/c1-5-8-13(6-2)11-15-12(3)14-9-7-10-16(14)4;1-3-4-9(11)10(12)14-7-5-13(2)6-8-14;1-6-4-2-3-5-7(6)8/h5-6,8,14-15H,1-3,7,9-11H2,4H3;3H,1,4-8,11-12H2,2H3;2-5H,1H3/b13-8+;10-9+;. The number of allylic oxidation sites excluding steroid dienone is 3. The first-order valence-corrected chi connectivity index (χ1v) is 13.2. The molecular formula is C31H49FN6. The van der Waals surface area contributed by atoms with Gasteiger partial charge in [-0.3, -0.25) is 4.90 Å². The van der Waals surface area contributed by atoms with E-state index in [1.54, 1.807) is 31.2 Å². The van der Waals surface area contributed by atoms with E-state index < -0.39 is 0 Å². The Morgan fingerprint density at radius 3 is 2.21 bits per heavy atom.